The summed E-state index contributed by atoms with van der Waals surface area (Å²) in [5, 5.41) is 5.43. The van der Waals surface area contributed by atoms with Gasteiger partial charge in [0, 0.05) is 10.2 Å². The fourth-order valence-electron chi connectivity index (χ4n) is 2.43. The number of hydrogen-bond donors (Lipinski definition) is 2. The first kappa shape index (κ1) is 18.7. The minimum absolute atomic E-state index is 0.107. The van der Waals surface area contributed by atoms with Crippen molar-refractivity contribution in [1.82, 2.24) is 5.32 Å². The zero-order chi connectivity index (χ0) is 19.2. The maximum absolute atomic E-state index is 12.8. The normalized spacial score (nSPS) is 11.1. The van der Waals surface area contributed by atoms with Crippen LogP contribution in [0.1, 0.15) is 21.7 Å². The van der Waals surface area contributed by atoms with Gasteiger partial charge in [0.1, 0.15) is 5.70 Å². The summed E-state index contributed by atoms with van der Waals surface area (Å²) < 4.78 is 5.97. The summed E-state index contributed by atoms with van der Waals surface area (Å²) in [6.45, 7) is 1.94. The van der Waals surface area contributed by atoms with Gasteiger partial charge < -0.3 is 15.1 Å². The van der Waals surface area contributed by atoms with Gasteiger partial charge in [-0.1, -0.05) is 40.2 Å². The summed E-state index contributed by atoms with van der Waals surface area (Å²) in [4.78, 5) is 25.1. The second kappa shape index (κ2) is 8.51. The molecule has 0 aliphatic rings. The minimum Gasteiger partial charge on any atom is -0.459 e. The molecule has 0 saturated carbocycles. The number of amides is 2. The Morgan fingerprint density at radius 2 is 1.85 bits per heavy atom. The molecule has 0 bridgehead atoms. The molecule has 0 saturated heterocycles. The average Bonchev–Trinajstić information content (AvgIpc) is 3.16. The molecule has 27 heavy (non-hydrogen) atoms. The van der Waals surface area contributed by atoms with Gasteiger partial charge in [-0.2, -0.15) is 0 Å². The predicted octanol–water partition coefficient (Wildman–Crippen LogP) is 4.76. The van der Waals surface area contributed by atoms with E-state index in [4.69, 9.17) is 4.42 Å². The Morgan fingerprint density at radius 3 is 2.56 bits per heavy atom. The van der Waals surface area contributed by atoms with Crippen LogP contribution in [0.3, 0.4) is 0 Å². The van der Waals surface area contributed by atoms with E-state index < -0.39 is 11.8 Å². The molecule has 5 nitrogen and oxygen atoms in total. The van der Waals surface area contributed by atoms with E-state index in [1.807, 2.05) is 49.4 Å². The lowest BCUT2D eigenvalue weighted by molar-refractivity contribution is -0.113. The lowest BCUT2D eigenvalue weighted by Gasteiger charge is -2.11. The highest BCUT2D eigenvalue weighted by Gasteiger charge is 2.16. The maximum Gasteiger partial charge on any atom is 0.291 e. The van der Waals surface area contributed by atoms with Gasteiger partial charge in [0.05, 0.1) is 6.26 Å². The molecule has 6 heteroatoms. The highest BCUT2D eigenvalue weighted by molar-refractivity contribution is 9.10. The minimum atomic E-state index is -0.499. The molecule has 0 fully saturated rings. The van der Waals surface area contributed by atoms with Gasteiger partial charge in [-0.25, -0.2) is 0 Å². The molecule has 0 aliphatic carbocycles. The molecule has 2 amide bonds. The topological polar surface area (TPSA) is 71.3 Å². The number of anilines is 1. The monoisotopic (exact) mass is 424 g/mol. The van der Waals surface area contributed by atoms with E-state index in [2.05, 4.69) is 26.6 Å². The van der Waals surface area contributed by atoms with E-state index in [1.54, 1.807) is 18.2 Å². The van der Waals surface area contributed by atoms with Crippen LogP contribution >= 0.6 is 15.9 Å². The Bertz CT molecular complexity index is 994. The molecule has 3 aromatic rings. The standard InChI is InChI=1S/C21H17BrN2O3/c1-14-5-2-8-17(11-14)23-20(25)18(13-15-6-3-7-16(22)12-15)24-21(26)19-9-4-10-27-19/h2-13H,1H3,(H,23,25)(H,24,26). The van der Waals surface area contributed by atoms with Gasteiger partial charge in [0.15, 0.2) is 5.76 Å². The lowest BCUT2D eigenvalue weighted by Crippen LogP contribution is -2.30. The molecular weight excluding hydrogens is 408 g/mol. The number of furan rings is 1. The highest BCUT2D eigenvalue weighted by Crippen LogP contribution is 2.16. The first-order valence-electron chi connectivity index (χ1n) is 8.21. The van der Waals surface area contributed by atoms with E-state index >= 15 is 0 Å². The summed E-state index contributed by atoms with van der Waals surface area (Å²) >= 11 is 3.40. The van der Waals surface area contributed by atoms with Crippen LogP contribution < -0.4 is 10.6 Å². The largest absolute Gasteiger partial charge is 0.459 e. The summed E-state index contributed by atoms with van der Waals surface area (Å²) in [5.74, 6) is -0.806. The van der Waals surface area contributed by atoms with Crippen LogP contribution in [0.5, 0.6) is 0 Å². The Labute approximate surface area is 165 Å². The van der Waals surface area contributed by atoms with Crippen molar-refractivity contribution < 1.29 is 14.0 Å². The Morgan fingerprint density at radius 1 is 1.04 bits per heavy atom. The van der Waals surface area contributed by atoms with Crippen LogP contribution in [0.2, 0.25) is 0 Å². The van der Waals surface area contributed by atoms with Crippen molar-refractivity contribution in [2.75, 3.05) is 5.32 Å². The Balaban J connectivity index is 1.88. The van der Waals surface area contributed by atoms with Crippen LogP contribution in [-0.2, 0) is 4.79 Å². The quantitative estimate of drug-likeness (QED) is 0.579. The molecule has 0 unspecified atom stereocenters. The molecule has 0 spiro atoms. The Kier molecular flexibility index (Phi) is 5.88. The molecular formula is C21H17BrN2O3. The first-order chi connectivity index (χ1) is 13.0. The van der Waals surface area contributed by atoms with Crippen LogP contribution in [0.15, 0.2) is 81.5 Å². The molecule has 2 N–H and O–H groups in total. The van der Waals surface area contributed by atoms with Crippen LogP contribution in [0, 0.1) is 6.92 Å². The number of benzene rings is 2. The van der Waals surface area contributed by atoms with Gasteiger partial charge in [0.2, 0.25) is 0 Å². The van der Waals surface area contributed by atoms with Crippen LogP contribution in [0.4, 0.5) is 5.69 Å². The summed E-state index contributed by atoms with van der Waals surface area (Å²) in [7, 11) is 0. The Hall–Kier alpha value is -3.12. The number of carbonyl (C=O) groups is 2. The van der Waals surface area contributed by atoms with Gasteiger partial charge >= 0.3 is 0 Å². The van der Waals surface area contributed by atoms with E-state index in [0.717, 1.165) is 15.6 Å². The molecule has 1 aromatic heterocycles. The molecule has 0 aliphatic heterocycles. The maximum atomic E-state index is 12.8. The van der Waals surface area contributed by atoms with Gasteiger partial charge in [0.25, 0.3) is 11.8 Å². The van der Waals surface area contributed by atoms with Crippen molar-refractivity contribution in [2.24, 2.45) is 0 Å². The van der Waals surface area contributed by atoms with Crippen LogP contribution in [-0.4, -0.2) is 11.8 Å². The van der Waals surface area contributed by atoms with Crippen molar-refractivity contribution in [3.63, 3.8) is 0 Å². The van der Waals surface area contributed by atoms with E-state index in [1.165, 1.54) is 12.3 Å². The number of nitrogens with one attached hydrogen (secondary N) is 2. The molecule has 2 aromatic carbocycles. The van der Waals surface area contributed by atoms with E-state index in [9.17, 15) is 9.59 Å². The van der Waals surface area contributed by atoms with Gasteiger partial charge in [-0.05, 0) is 60.5 Å². The number of aryl methyl sites for hydroxylation is 1. The number of carbonyl (C=O) groups excluding carboxylic acids is 2. The van der Waals surface area contributed by atoms with Gasteiger partial charge in [-0.3, -0.25) is 9.59 Å². The van der Waals surface area contributed by atoms with E-state index in [0.29, 0.717) is 5.69 Å². The fraction of sp³-hybridized carbons (Fsp3) is 0.0476. The molecule has 1 heterocycles. The summed E-state index contributed by atoms with van der Waals surface area (Å²) in [6, 6.07) is 18.0. The zero-order valence-electron chi connectivity index (χ0n) is 14.5. The number of halogens is 1. The van der Waals surface area contributed by atoms with Crippen molar-refractivity contribution in [1.29, 1.82) is 0 Å². The lowest BCUT2D eigenvalue weighted by atomic mass is 10.1. The third-order valence-electron chi connectivity index (χ3n) is 3.67. The molecule has 3 rings (SSSR count). The highest BCUT2D eigenvalue weighted by atomic mass is 79.9. The first-order valence-corrected chi connectivity index (χ1v) is 9.01. The smallest absolute Gasteiger partial charge is 0.291 e. The van der Waals surface area contributed by atoms with Crippen molar-refractivity contribution in [2.45, 2.75) is 6.92 Å². The average molecular weight is 425 g/mol. The predicted molar refractivity (Wildman–Crippen MR) is 108 cm³/mol. The summed E-state index contributed by atoms with van der Waals surface area (Å²) in [5.41, 5.74) is 2.53. The van der Waals surface area contributed by atoms with Gasteiger partial charge in [-0.15, -0.1) is 0 Å². The second-order valence-electron chi connectivity index (χ2n) is 5.87. The third kappa shape index (κ3) is 5.18. The zero-order valence-corrected chi connectivity index (χ0v) is 16.1. The van der Waals surface area contributed by atoms with Crippen molar-refractivity contribution in [3.05, 3.63) is 94.0 Å². The SMILES string of the molecule is Cc1cccc(NC(=O)C(=Cc2cccc(Br)c2)NC(=O)c2ccco2)c1. The third-order valence-corrected chi connectivity index (χ3v) is 4.17. The fourth-order valence-corrected chi connectivity index (χ4v) is 2.85. The number of hydrogen-bond acceptors (Lipinski definition) is 3. The molecule has 0 radical (unpaired) electrons. The summed E-state index contributed by atoms with van der Waals surface area (Å²) in [6.07, 6.45) is 3.01. The van der Waals surface area contributed by atoms with E-state index in [-0.39, 0.29) is 11.5 Å². The molecule has 136 valence electrons. The van der Waals surface area contributed by atoms with Crippen LogP contribution in [0.25, 0.3) is 6.08 Å². The van der Waals surface area contributed by atoms with Crippen molar-refractivity contribution >= 4 is 39.5 Å². The number of rotatable bonds is 5. The van der Waals surface area contributed by atoms with Crippen molar-refractivity contribution in [3.8, 4) is 0 Å². The second-order valence-corrected chi connectivity index (χ2v) is 6.78. The molecule has 0 atom stereocenters.